The van der Waals surface area contributed by atoms with Crippen LogP contribution in [0, 0.1) is 0 Å². The van der Waals surface area contributed by atoms with Crippen LogP contribution in [-0.4, -0.2) is 81.9 Å². The predicted molar refractivity (Wildman–Crippen MR) is 117 cm³/mol. The van der Waals surface area contributed by atoms with Crippen molar-refractivity contribution < 1.29 is 14.3 Å². The molecule has 1 aliphatic carbocycles. The Morgan fingerprint density at radius 2 is 2.00 bits per heavy atom. The average Bonchev–Trinajstić information content (AvgIpc) is 2.77. The molecule has 3 fully saturated rings. The normalized spacial score (nSPS) is 25.8. The first-order chi connectivity index (χ1) is 15.6. The molecule has 32 heavy (non-hydrogen) atoms. The summed E-state index contributed by atoms with van der Waals surface area (Å²) in [5, 5.41) is 2.91. The molecule has 11 heteroatoms. The highest BCUT2D eigenvalue weighted by atomic mass is 16.5. The van der Waals surface area contributed by atoms with Crippen molar-refractivity contribution in [1.82, 2.24) is 30.2 Å². The number of ether oxygens (including phenoxy) is 2. The number of hydrogen-bond donors (Lipinski definition) is 2. The molecule has 0 radical (unpaired) electrons. The molecule has 0 aromatic carbocycles. The number of anilines is 2. The van der Waals surface area contributed by atoms with Gasteiger partial charge in [0, 0.05) is 62.5 Å². The number of amides is 2. The topological polar surface area (TPSA) is 132 Å². The first-order valence-corrected chi connectivity index (χ1v) is 11.1. The summed E-state index contributed by atoms with van der Waals surface area (Å²) in [6, 6.07) is 2.20. The Balaban J connectivity index is 1.35. The maximum atomic E-state index is 12.1. The van der Waals surface area contributed by atoms with Crippen LogP contribution < -0.4 is 20.7 Å². The van der Waals surface area contributed by atoms with Crippen molar-refractivity contribution in [1.29, 1.82) is 0 Å². The van der Waals surface area contributed by atoms with E-state index in [1.54, 1.807) is 12.4 Å². The molecule has 0 bridgehead atoms. The molecular weight excluding hydrogens is 412 g/mol. The lowest BCUT2D eigenvalue weighted by Crippen LogP contribution is -2.57. The van der Waals surface area contributed by atoms with Gasteiger partial charge in [0.1, 0.15) is 6.10 Å². The van der Waals surface area contributed by atoms with E-state index >= 15 is 0 Å². The zero-order valence-electron chi connectivity index (χ0n) is 18.1. The molecule has 2 saturated heterocycles. The first-order valence-electron chi connectivity index (χ1n) is 11.1. The number of carbonyl (C=O) groups is 1. The molecule has 3 N–H and O–H groups in total. The van der Waals surface area contributed by atoms with E-state index in [1.165, 1.54) is 0 Å². The van der Waals surface area contributed by atoms with E-state index in [4.69, 9.17) is 25.2 Å². The van der Waals surface area contributed by atoms with Crippen LogP contribution in [0.15, 0.2) is 18.5 Å². The third-order valence-corrected chi connectivity index (χ3v) is 6.19. The zero-order valence-corrected chi connectivity index (χ0v) is 18.1. The maximum absolute atomic E-state index is 12.1. The molecule has 2 amide bonds. The van der Waals surface area contributed by atoms with Crippen molar-refractivity contribution in [3.05, 3.63) is 18.5 Å². The van der Waals surface area contributed by atoms with E-state index in [1.807, 2.05) is 11.0 Å². The molecular formula is C21H28N8O3. The Hall–Kier alpha value is -3.21. The molecule has 5 rings (SSSR count). The van der Waals surface area contributed by atoms with Crippen molar-refractivity contribution in [2.24, 2.45) is 0 Å². The van der Waals surface area contributed by atoms with Gasteiger partial charge in [0.25, 0.3) is 0 Å². The monoisotopic (exact) mass is 440 g/mol. The Morgan fingerprint density at radius 1 is 1.19 bits per heavy atom. The van der Waals surface area contributed by atoms with Gasteiger partial charge in [0.05, 0.1) is 24.9 Å². The lowest BCUT2D eigenvalue weighted by Gasteiger charge is -2.43. The van der Waals surface area contributed by atoms with Gasteiger partial charge in [-0.05, 0) is 13.3 Å². The minimum absolute atomic E-state index is 0.00936. The second-order valence-corrected chi connectivity index (χ2v) is 8.48. The summed E-state index contributed by atoms with van der Waals surface area (Å²) in [7, 11) is 0. The van der Waals surface area contributed by atoms with E-state index in [2.05, 4.69) is 27.1 Å². The minimum Gasteiger partial charge on any atom is -0.474 e. The molecule has 2 aromatic rings. The van der Waals surface area contributed by atoms with Gasteiger partial charge in [-0.15, -0.1) is 0 Å². The van der Waals surface area contributed by atoms with Gasteiger partial charge in [-0.1, -0.05) is 0 Å². The summed E-state index contributed by atoms with van der Waals surface area (Å²) >= 11 is 0. The molecule has 2 aromatic heterocycles. The minimum atomic E-state index is 0.00936. The highest BCUT2D eigenvalue weighted by molar-refractivity contribution is 5.75. The summed E-state index contributed by atoms with van der Waals surface area (Å²) in [6.07, 6.45) is 5.87. The van der Waals surface area contributed by atoms with Gasteiger partial charge >= 0.3 is 6.03 Å². The van der Waals surface area contributed by atoms with Crippen LogP contribution >= 0.6 is 0 Å². The molecule has 0 spiro atoms. The number of carbonyl (C=O) groups excluding carboxylic acids is 1. The van der Waals surface area contributed by atoms with E-state index in [0.717, 1.165) is 37.9 Å². The zero-order chi connectivity index (χ0) is 22.1. The summed E-state index contributed by atoms with van der Waals surface area (Å²) in [6.45, 7) is 5.60. The van der Waals surface area contributed by atoms with Crippen LogP contribution in [0.3, 0.4) is 0 Å². The van der Waals surface area contributed by atoms with E-state index in [0.29, 0.717) is 37.3 Å². The van der Waals surface area contributed by atoms with Crippen molar-refractivity contribution in [3.8, 4) is 17.1 Å². The fraction of sp³-hybridized carbons (Fsp3) is 0.571. The average molecular weight is 441 g/mol. The second kappa shape index (κ2) is 8.73. The summed E-state index contributed by atoms with van der Waals surface area (Å²) in [5.41, 5.74) is 7.06. The van der Waals surface area contributed by atoms with Gasteiger partial charge in [-0.2, -0.15) is 4.98 Å². The number of nitrogens with one attached hydrogen (secondary N) is 1. The van der Waals surface area contributed by atoms with E-state index in [-0.39, 0.29) is 30.2 Å². The van der Waals surface area contributed by atoms with Crippen molar-refractivity contribution >= 4 is 17.9 Å². The van der Waals surface area contributed by atoms with Gasteiger partial charge < -0.3 is 30.3 Å². The second-order valence-electron chi connectivity index (χ2n) is 8.48. The quantitative estimate of drug-likeness (QED) is 0.700. The number of morpholine rings is 1. The van der Waals surface area contributed by atoms with Crippen LogP contribution in [0.25, 0.3) is 11.3 Å². The molecule has 170 valence electrons. The Bertz CT molecular complexity index is 966. The van der Waals surface area contributed by atoms with Crippen molar-refractivity contribution in [3.63, 3.8) is 0 Å². The smallest absolute Gasteiger partial charge is 0.317 e. The van der Waals surface area contributed by atoms with Crippen LogP contribution in [0.5, 0.6) is 5.88 Å². The Labute approximate surface area is 186 Å². The van der Waals surface area contributed by atoms with Crippen molar-refractivity contribution in [2.75, 3.05) is 43.5 Å². The molecule has 1 atom stereocenters. The largest absolute Gasteiger partial charge is 0.474 e. The van der Waals surface area contributed by atoms with Crippen LogP contribution in [0.4, 0.5) is 16.7 Å². The van der Waals surface area contributed by atoms with E-state index < -0.39 is 0 Å². The third-order valence-electron chi connectivity index (χ3n) is 6.19. The lowest BCUT2D eigenvalue weighted by molar-refractivity contribution is 0.0272. The van der Waals surface area contributed by atoms with Crippen molar-refractivity contribution in [2.45, 2.75) is 44.4 Å². The number of nitrogen functional groups attached to an aromatic ring is 1. The van der Waals surface area contributed by atoms with Gasteiger partial charge in [-0.25, -0.2) is 19.7 Å². The van der Waals surface area contributed by atoms with Crippen LogP contribution in [0.1, 0.15) is 26.2 Å². The molecule has 11 nitrogen and oxygen atoms in total. The summed E-state index contributed by atoms with van der Waals surface area (Å²) in [4.78, 5) is 33.8. The standard InChI is InChI=1S/C21H28N8O3/c1-13-12-31-6-5-28(13)20-26-17(14-10-24-19(22)25-11-14)9-18(27-20)32-16-7-15(8-16)29-4-2-3-23-21(29)30/h9-11,13,15-16H,2-8,12H2,1H3,(H,23,30)(H2,22,24,25)/t13-,15?,16?/m0/s1. The van der Waals surface area contributed by atoms with Crippen LogP contribution in [0.2, 0.25) is 0 Å². The highest BCUT2D eigenvalue weighted by Gasteiger charge is 2.38. The lowest BCUT2D eigenvalue weighted by atomic mass is 9.87. The Kier molecular flexibility index (Phi) is 5.64. The first kappa shape index (κ1) is 20.7. The highest BCUT2D eigenvalue weighted by Crippen LogP contribution is 2.32. The fourth-order valence-electron chi connectivity index (χ4n) is 4.30. The fourth-order valence-corrected chi connectivity index (χ4v) is 4.30. The van der Waals surface area contributed by atoms with Gasteiger partial charge in [-0.3, -0.25) is 0 Å². The molecule has 2 aliphatic heterocycles. The Morgan fingerprint density at radius 3 is 2.75 bits per heavy atom. The number of nitrogens with zero attached hydrogens (tertiary/aromatic N) is 6. The van der Waals surface area contributed by atoms with Gasteiger partial charge in [0.15, 0.2) is 0 Å². The summed E-state index contributed by atoms with van der Waals surface area (Å²) < 4.78 is 11.8. The van der Waals surface area contributed by atoms with E-state index in [9.17, 15) is 4.79 Å². The SMILES string of the molecule is C[C@H]1COCCN1c1nc(OC2CC(N3CCCNC3=O)C2)cc(-c2cnc(N)nc2)n1. The number of hydrogen-bond acceptors (Lipinski definition) is 9. The predicted octanol–water partition coefficient (Wildman–Crippen LogP) is 1.07. The molecule has 4 heterocycles. The third kappa shape index (κ3) is 4.24. The number of urea groups is 1. The van der Waals surface area contributed by atoms with Crippen LogP contribution in [-0.2, 0) is 4.74 Å². The molecule has 3 aliphatic rings. The maximum Gasteiger partial charge on any atom is 0.317 e. The summed E-state index contributed by atoms with van der Waals surface area (Å²) in [5.74, 6) is 1.31. The number of rotatable bonds is 5. The van der Waals surface area contributed by atoms with Gasteiger partial charge in [0.2, 0.25) is 17.8 Å². The molecule has 0 unspecified atom stereocenters. The molecule has 1 saturated carbocycles. The number of nitrogens with two attached hydrogens (primary N) is 1. The number of aromatic nitrogens is 4.